The second kappa shape index (κ2) is 7.76. The lowest BCUT2D eigenvalue weighted by atomic mass is 10.2. The Hall–Kier alpha value is -1.46. The van der Waals surface area contributed by atoms with E-state index < -0.39 is 0 Å². The lowest BCUT2D eigenvalue weighted by Gasteiger charge is -2.07. The Morgan fingerprint density at radius 2 is 2.24 bits per heavy atom. The normalized spacial score (nSPS) is 10.2. The van der Waals surface area contributed by atoms with E-state index in [2.05, 4.69) is 15.6 Å². The summed E-state index contributed by atoms with van der Waals surface area (Å²) in [6.07, 6.45) is 1.68. The zero-order chi connectivity index (χ0) is 12.5. The average molecular weight is 237 g/mol. The summed E-state index contributed by atoms with van der Waals surface area (Å²) in [7, 11) is 1.66. The molecule has 0 fully saturated rings. The minimum Gasteiger partial charge on any atom is -0.383 e. The van der Waals surface area contributed by atoms with Crippen LogP contribution in [-0.2, 0) is 4.74 Å². The van der Waals surface area contributed by atoms with Crippen molar-refractivity contribution in [2.75, 3.05) is 33.4 Å². The third kappa shape index (κ3) is 4.93. The summed E-state index contributed by atoms with van der Waals surface area (Å²) in [5.74, 6) is -0.0795. The molecule has 1 aromatic rings. The van der Waals surface area contributed by atoms with Crippen LogP contribution < -0.4 is 10.6 Å². The summed E-state index contributed by atoms with van der Waals surface area (Å²) in [5.41, 5.74) is 1.38. The summed E-state index contributed by atoms with van der Waals surface area (Å²) in [4.78, 5) is 15.8. The molecule has 0 atom stereocenters. The Balaban J connectivity index is 2.24. The zero-order valence-electron chi connectivity index (χ0n) is 10.3. The van der Waals surface area contributed by atoms with Crippen molar-refractivity contribution in [3.05, 3.63) is 29.6 Å². The van der Waals surface area contributed by atoms with Crippen LogP contribution in [0.2, 0.25) is 0 Å². The third-order valence-corrected chi connectivity index (χ3v) is 2.32. The van der Waals surface area contributed by atoms with Gasteiger partial charge in [0.1, 0.15) is 0 Å². The van der Waals surface area contributed by atoms with E-state index in [-0.39, 0.29) is 5.91 Å². The molecule has 1 heterocycles. The molecule has 1 aromatic heterocycles. The van der Waals surface area contributed by atoms with Gasteiger partial charge in [-0.05, 0) is 19.1 Å². The smallest absolute Gasteiger partial charge is 0.253 e. The fourth-order valence-electron chi connectivity index (χ4n) is 1.38. The molecule has 0 spiro atoms. The van der Waals surface area contributed by atoms with Crippen LogP contribution in [0.25, 0.3) is 0 Å². The van der Waals surface area contributed by atoms with Gasteiger partial charge in [-0.1, -0.05) is 0 Å². The number of pyridine rings is 1. The highest BCUT2D eigenvalue weighted by Gasteiger charge is 2.07. The number of carbonyl (C=O) groups is 1. The molecule has 17 heavy (non-hydrogen) atoms. The highest BCUT2D eigenvalue weighted by molar-refractivity contribution is 5.95. The van der Waals surface area contributed by atoms with Gasteiger partial charge in [-0.15, -0.1) is 0 Å². The van der Waals surface area contributed by atoms with E-state index in [4.69, 9.17) is 4.74 Å². The molecule has 0 radical (unpaired) electrons. The lowest BCUT2D eigenvalue weighted by Crippen LogP contribution is -2.33. The van der Waals surface area contributed by atoms with Gasteiger partial charge in [-0.2, -0.15) is 0 Å². The summed E-state index contributed by atoms with van der Waals surface area (Å²) in [5, 5.41) is 5.99. The van der Waals surface area contributed by atoms with Gasteiger partial charge in [-0.25, -0.2) is 0 Å². The number of methoxy groups -OCH3 is 1. The van der Waals surface area contributed by atoms with Crippen molar-refractivity contribution in [1.82, 2.24) is 15.6 Å². The number of hydrogen-bond acceptors (Lipinski definition) is 4. The standard InChI is InChI=1S/C12H19N3O2/c1-10-11(4-3-5-14-10)12(16)15-7-6-13-8-9-17-2/h3-5,13H,6-9H2,1-2H3,(H,15,16). The van der Waals surface area contributed by atoms with E-state index in [1.165, 1.54) is 0 Å². The van der Waals surface area contributed by atoms with E-state index in [0.717, 1.165) is 18.8 Å². The highest BCUT2D eigenvalue weighted by Crippen LogP contribution is 2.02. The number of nitrogens with zero attached hydrogens (tertiary/aromatic N) is 1. The van der Waals surface area contributed by atoms with Crippen LogP contribution in [0.15, 0.2) is 18.3 Å². The molecule has 94 valence electrons. The van der Waals surface area contributed by atoms with E-state index in [1.54, 1.807) is 25.4 Å². The van der Waals surface area contributed by atoms with E-state index in [0.29, 0.717) is 18.7 Å². The number of nitrogens with one attached hydrogen (secondary N) is 2. The van der Waals surface area contributed by atoms with Crippen molar-refractivity contribution in [3.63, 3.8) is 0 Å². The van der Waals surface area contributed by atoms with Crippen molar-refractivity contribution in [2.45, 2.75) is 6.92 Å². The Morgan fingerprint density at radius 3 is 2.94 bits per heavy atom. The van der Waals surface area contributed by atoms with Gasteiger partial charge < -0.3 is 15.4 Å². The Bertz CT molecular complexity index is 355. The number of amides is 1. The third-order valence-electron chi connectivity index (χ3n) is 2.32. The maximum atomic E-state index is 11.8. The van der Waals surface area contributed by atoms with Crippen LogP contribution in [0.3, 0.4) is 0 Å². The molecule has 5 nitrogen and oxygen atoms in total. The number of rotatable bonds is 7. The van der Waals surface area contributed by atoms with Crippen molar-refractivity contribution in [1.29, 1.82) is 0 Å². The van der Waals surface area contributed by atoms with Gasteiger partial charge >= 0.3 is 0 Å². The SMILES string of the molecule is COCCNCCNC(=O)c1cccnc1C. The maximum absolute atomic E-state index is 11.8. The molecule has 0 aromatic carbocycles. The molecule has 0 aliphatic heterocycles. The Morgan fingerprint density at radius 1 is 1.41 bits per heavy atom. The molecule has 0 saturated carbocycles. The minimum absolute atomic E-state index is 0.0795. The van der Waals surface area contributed by atoms with Gasteiger partial charge in [0.2, 0.25) is 0 Å². The van der Waals surface area contributed by atoms with Crippen molar-refractivity contribution < 1.29 is 9.53 Å². The number of aromatic nitrogens is 1. The van der Waals surface area contributed by atoms with Crippen LogP contribution in [0, 0.1) is 6.92 Å². The second-order valence-corrected chi connectivity index (χ2v) is 3.64. The number of aryl methyl sites for hydroxylation is 1. The summed E-state index contributed by atoms with van der Waals surface area (Å²) in [6.45, 7) is 4.62. The van der Waals surface area contributed by atoms with E-state index in [1.807, 2.05) is 6.92 Å². The molecule has 0 saturated heterocycles. The van der Waals surface area contributed by atoms with Gasteiger partial charge in [0.15, 0.2) is 0 Å². The molecule has 0 aliphatic carbocycles. The quantitative estimate of drug-likeness (QED) is 0.672. The van der Waals surface area contributed by atoms with E-state index >= 15 is 0 Å². The molecule has 2 N–H and O–H groups in total. The largest absolute Gasteiger partial charge is 0.383 e. The van der Waals surface area contributed by atoms with Gasteiger partial charge in [0, 0.05) is 38.6 Å². The van der Waals surface area contributed by atoms with Crippen molar-refractivity contribution in [2.24, 2.45) is 0 Å². The number of hydrogen-bond donors (Lipinski definition) is 2. The molecule has 5 heteroatoms. The molecular weight excluding hydrogens is 218 g/mol. The lowest BCUT2D eigenvalue weighted by molar-refractivity contribution is 0.0952. The molecule has 1 amide bonds. The van der Waals surface area contributed by atoms with Crippen molar-refractivity contribution >= 4 is 5.91 Å². The number of carbonyl (C=O) groups excluding carboxylic acids is 1. The average Bonchev–Trinajstić information content (AvgIpc) is 2.34. The van der Waals surface area contributed by atoms with Gasteiger partial charge in [-0.3, -0.25) is 9.78 Å². The summed E-state index contributed by atoms with van der Waals surface area (Å²) >= 11 is 0. The van der Waals surface area contributed by atoms with Crippen molar-refractivity contribution in [3.8, 4) is 0 Å². The van der Waals surface area contributed by atoms with E-state index in [9.17, 15) is 4.79 Å². The van der Waals surface area contributed by atoms with Crippen LogP contribution >= 0.6 is 0 Å². The highest BCUT2D eigenvalue weighted by atomic mass is 16.5. The summed E-state index contributed by atoms with van der Waals surface area (Å²) < 4.78 is 4.90. The monoisotopic (exact) mass is 237 g/mol. The minimum atomic E-state index is -0.0795. The Kier molecular flexibility index (Phi) is 6.21. The zero-order valence-corrected chi connectivity index (χ0v) is 10.3. The first kappa shape index (κ1) is 13.6. The first-order valence-corrected chi connectivity index (χ1v) is 5.65. The van der Waals surface area contributed by atoms with Crippen LogP contribution in [0.5, 0.6) is 0 Å². The van der Waals surface area contributed by atoms with Gasteiger partial charge in [0.05, 0.1) is 12.2 Å². The molecular formula is C12H19N3O2. The fraction of sp³-hybridized carbons (Fsp3) is 0.500. The first-order chi connectivity index (χ1) is 8.25. The Labute approximate surface area is 102 Å². The number of ether oxygens (including phenoxy) is 1. The topological polar surface area (TPSA) is 63.2 Å². The van der Waals surface area contributed by atoms with Crippen LogP contribution in [-0.4, -0.2) is 44.2 Å². The predicted molar refractivity (Wildman–Crippen MR) is 66.1 cm³/mol. The molecule has 0 aliphatic rings. The first-order valence-electron chi connectivity index (χ1n) is 5.65. The molecule has 1 rings (SSSR count). The summed E-state index contributed by atoms with van der Waals surface area (Å²) in [6, 6.07) is 3.54. The predicted octanol–water partition coefficient (Wildman–Crippen LogP) is 0.356. The molecule has 0 unspecified atom stereocenters. The second-order valence-electron chi connectivity index (χ2n) is 3.64. The fourth-order valence-corrected chi connectivity index (χ4v) is 1.38. The molecule has 0 bridgehead atoms. The van der Waals surface area contributed by atoms with Crippen LogP contribution in [0.4, 0.5) is 0 Å². The van der Waals surface area contributed by atoms with Gasteiger partial charge in [0.25, 0.3) is 5.91 Å². The maximum Gasteiger partial charge on any atom is 0.253 e. The van der Waals surface area contributed by atoms with Crippen LogP contribution in [0.1, 0.15) is 16.1 Å².